The highest BCUT2D eigenvalue weighted by molar-refractivity contribution is 7.15. The molecule has 0 saturated heterocycles. The number of hydrogen-bond acceptors (Lipinski definition) is 12. The second kappa shape index (κ2) is 15.2. The number of carbonyl (C=O) groups is 2. The van der Waals surface area contributed by atoms with Crippen LogP contribution in [-0.2, 0) is 41.7 Å². The molecule has 0 aliphatic heterocycles. The van der Waals surface area contributed by atoms with Gasteiger partial charge in [-0.2, -0.15) is 0 Å². The topological polar surface area (TPSA) is 135 Å². The van der Waals surface area contributed by atoms with E-state index in [-0.39, 0.29) is 31.0 Å². The molecule has 0 atom stereocenters. The Balaban J connectivity index is 1.18. The zero-order valence-electron chi connectivity index (χ0n) is 24.0. The van der Waals surface area contributed by atoms with Crippen LogP contribution in [0, 0.1) is 0 Å². The number of Topliss-reactive ketones (excluding diaryl/α,β-unsaturated/α-hetero) is 1. The number of aromatic nitrogens is 4. The number of nitrogens with zero attached hydrogens (tertiary/aromatic N) is 4. The van der Waals surface area contributed by atoms with E-state index < -0.39 is 0 Å². The van der Waals surface area contributed by atoms with Crippen LogP contribution in [0.1, 0.15) is 39.0 Å². The largest absolute Gasteiger partial charge is 0.497 e. The lowest BCUT2D eigenvalue weighted by molar-refractivity contribution is -0.118. The normalized spacial score (nSPS) is 10.8. The molecule has 1 N–H and O–H groups in total. The molecule has 0 spiro atoms. The van der Waals surface area contributed by atoms with E-state index in [9.17, 15) is 9.59 Å². The first-order valence-electron chi connectivity index (χ1n) is 13.3. The van der Waals surface area contributed by atoms with Crippen molar-refractivity contribution in [2.45, 2.75) is 44.9 Å². The van der Waals surface area contributed by atoms with E-state index in [0.717, 1.165) is 46.8 Å². The summed E-state index contributed by atoms with van der Waals surface area (Å²) in [4.78, 5) is 25.2. The molecule has 0 saturated carbocycles. The highest BCUT2D eigenvalue weighted by Gasteiger charge is 2.14. The molecular formula is C29H33N5O6S2. The number of anilines is 1. The summed E-state index contributed by atoms with van der Waals surface area (Å²) in [6, 6.07) is 10.8. The first kappa shape index (κ1) is 30.8. The first-order valence-corrected chi connectivity index (χ1v) is 14.9. The smallest absolute Gasteiger partial charge is 0.230 e. The van der Waals surface area contributed by atoms with Crippen molar-refractivity contribution in [3.63, 3.8) is 0 Å². The summed E-state index contributed by atoms with van der Waals surface area (Å²) >= 11 is 2.84. The molecule has 11 nitrogen and oxygen atoms in total. The van der Waals surface area contributed by atoms with Crippen molar-refractivity contribution >= 4 is 39.5 Å². The molecule has 0 unspecified atom stereocenters. The Morgan fingerprint density at radius 1 is 0.619 bits per heavy atom. The lowest BCUT2D eigenvalue weighted by Gasteiger charge is -2.08. The fraction of sp³-hybridized carbons (Fsp3) is 0.379. The average molecular weight is 612 g/mol. The number of amides is 1. The van der Waals surface area contributed by atoms with Gasteiger partial charge in [-0.15, -0.1) is 31.7 Å². The van der Waals surface area contributed by atoms with Crippen LogP contribution < -0.4 is 24.3 Å². The molecule has 0 aliphatic rings. The fourth-order valence-corrected chi connectivity index (χ4v) is 5.88. The van der Waals surface area contributed by atoms with Gasteiger partial charge in [0.05, 0.1) is 41.3 Å². The molecule has 2 aromatic carbocycles. The van der Waals surface area contributed by atoms with Gasteiger partial charge in [0, 0.05) is 31.4 Å². The third-order valence-corrected chi connectivity index (χ3v) is 8.07. The van der Waals surface area contributed by atoms with Crippen LogP contribution in [0.3, 0.4) is 0 Å². The van der Waals surface area contributed by atoms with Gasteiger partial charge >= 0.3 is 0 Å². The summed E-state index contributed by atoms with van der Waals surface area (Å²) in [5.74, 6) is 2.40. The SMILES string of the molecule is COc1cc(CC(=O)Cc2nnc(CCCCc3nnc(NC(=O)Cc4cc(OC)cc(OC)c4)s3)s2)cc(OC)c1. The van der Waals surface area contributed by atoms with Crippen LogP contribution in [0.25, 0.3) is 0 Å². The van der Waals surface area contributed by atoms with Crippen molar-refractivity contribution in [3.05, 3.63) is 62.5 Å². The summed E-state index contributed by atoms with van der Waals surface area (Å²) in [6.07, 6.45) is 3.96. The lowest BCUT2D eigenvalue weighted by Crippen LogP contribution is -2.14. The van der Waals surface area contributed by atoms with Crippen LogP contribution in [0.15, 0.2) is 36.4 Å². The molecule has 4 rings (SSSR count). The number of methoxy groups -OCH3 is 4. The van der Waals surface area contributed by atoms with E-state index >= 15 is 0 Å². The summed E-state index contributed by atoms with van der Waals surface area (Å²) in [5, 5.41) is 22.5. The van der Waals surface area contributed by atoms with Gasteiger partial charge in [0.1, 0.15) is 43.8 Å². The Bertz CT molecular complexity index is 1350. The van der Waals surface area contributed by atoms with E-state index in [1.54, 1.807) is 52.7 Å². The van der Waals surface area contributed by atoms with Crippen LogP contribution in [0.5, 0.6) is 23.0 Å². The third-order valence-electron chi connectivity index (χ3n) is 6.19. The summed E-state index contributed by atoms with van der Waals surface area (Å²) in [5.41, 5.74) is 1.60. The van der Waals surface area contributed by atoms with Gasteiger partial charge in [-0.25, -0.2) is 0 Å². The van der Waals surface area contributed by atoms with E-state index in [2.05, 4.69) is 25.7 Å². The van der Waals surface area contributed by atoms with Crippen molar-refractivity contribution < 1.29 is 28.5 Å². The fourth-order valence-electron chi connectivity index (χ4n) is 4.16. The van der Waals surface area contributed by atoms with E-state index in [4.69, 9.17) is 18.9 Å². The maximum Gasteiger partial charge on any atom is 0.230 e. The maximum absolute atomic E-state index is 12.6. The van der Waals surface area contributed by atoms with Crippen LogP contribution in [0.2, 0.25) is 0 Å². The number of benzene rings is 2. The number of aryl methyl sites for hydroxylation is 2. The highest BCUT2D eigenvalue weighted by Crippen LogP contribution is 2.25. The van der Waals surface area contributed by atoms with Gasteiger partial charge in [0.25, 0.3) is 0 Å². The van der Waals surface area contributed by atoms with Crippen molar-refractivity contribution in [2.24, 2.45) is 0 Å². The molecule has 222 valence electrons. The first-order chi connectivity index (χ1) is 20.4. The minimum atomic E-state index is -0.193. The van der Waals surface area contributed by atoms with Gasteiger partial charge in [-0.05, 0) is 48.2 Å². The van der Waals surface area contributed by atoms with E-state index in [1.807, 2.05) is 12.1 Å². The second-order valence-electron chi connectivity index (χ2n) is 9.36. The van der Waals surface area contributed by atoms with Gasteiger partial charge in [-0.3, -0.25) is 9.59 Å². The number of unbranched alkanes of at least 4 members (excludes halogenated alkanes) is 1. The van der Waals surface area contributed by atoms with Gasteiger partial charge < -0.3 is 24.3 Å². The number of carbonyl (C=O) groups excluding carboxylic acids is 2. The minimum absolute atomic E-state index is 0.0513. The average Bonchev–Trinajstić information content (AvgIpc) is 3.63. The predicted molar refractivity (Wildman–Crippen MR) is 160 cm³/mol. The number of ketones is 1. The maximum atomic E-state index is 12.6. The standard InChI is InChI=1S/C29H33N5O6S2/c1-37-21-10-18(11-22(16-21)38-2)9-20(35)15-28-33-31-26(41-28)7-5-6-8-27-32-34-29(42-27)30-25(36)14-19-12-23(39-3)17-24(13-19)40-4/h10-13,16-17H,5-9,14-15H2,1-4H3,(H,30,34,36). The third kappa shape index (κ3) is 9.21. The molecule has 0 radical (unpaired) electrons. The molecule has 0 fully saturated rings. The molecule has 42 heavy (non-hydrogen) atoms. The summed E-state index contributed by atoms with van der Waals surface area (Å²) in [6.45, 7) is 0. The van der Waals surface area contributed by atoms with E-state index in [1.165, 1.54) is 22.7 Å². The van der Waals surface area contributed by atoms with Crippen molar-refractivity contribution in [2.75, 3.05) is 33.8 Å². The Morgan fingerprint density at radius 2 is 1.10 bits per heavy atom. The molecule has 1 amide bonds. The number of nitrogens with one attached hydrogen (secondary N) is 1. The number of ether oxygens (including phenoxy) is 4. The molecular weight excluding hydrogens is 578 g/mol. The van der Waals surface area contributed by atoms with Crippen molar-refractivity contribution in [1.82, 2.24) is 20.4 Å². The molecule has 4 aromatic rings. The van der Waals surface area contributed by atoms with Gasteiger partial charge in [0.15, 0.2) is 0 Å². The van der Waals surface area contributed by atoms with Crippen molar-refractivity contribution in [1.29, 1.82) is 0 Å². The number of rotatable bonds is 16. The van der Waals surface area contributed by atoms with Crippen LogP contribution in [0.4, 0.5) is 5.13 Å². The summed E-state index contributed by atoms with van der Waals surface area (Å²) in [7, 11) is 6.30. The van der Waals surface area contributed by atoms with Crippen LogP contribution >= 0.6 is 22.7 Å². The molecule has 0 bridgehead atoms. The highest BCUT2D eigenvalue weighted by atomic mass is 32.1. The Hall–Kier alpha value is -4.10. The van der Waals surface area contributed by atoms with E-state index in [0.29, 0.717) is 33.1 Å². The lowest BCUT2D eigenvalue weighted by atomic mass is 10.1. The molecule has 0 aliphatic carbocycles. The Kier molecular flexibility index (Phi) is 11.2. The van der Waals surface area contributed by atoms with Gasteiger partial charge in [-0.1, -0.05) is 11.3 Å². The molecule has 2 heterocycles. The quantitative estimate of drug-likeness (QED) is 0.180. The monoisotopic (exact) mass is 611 g/mol. The molecule has 13 heteroatoms. The molecule has 2 aromatic heterocycles. The Morgan fingerprint density at radius 3 is 1.64 bits per heavy atom. The Labute approximate surface area is 252 Å². The zero-order chi connectivity index (χ0) is 29.9. The minimum Gasteiger partial charge on any atom is -0.497 e. The number of hydrogen-bond donors (Lipinski definition) is 1. The van der Waals surface area contributed by atoms with Gasteiger partial charge in [0.2, 0.25) is 11.0 Å². The summed E-state index contributed by atoms with van der Waals surface area (Å²) < 4.78 is 21.1. The zero-order valence-corrected chi connectivity index (χ0v) is 25.6. The predicted octanol–water partition coefficient (Wildman–Crippen LogP) is 4.52. The second-order valence-corrected chi connectivity index (χ2v) is 11.6. The van der Waals surface area contributed by atoms with Crippen LogP contribution in [-0.4, -0.2) is 60.5 Å². The van der Waals surface area contributed by atoms with Crippen molar-refractivity contribution in [3.8, 4) is 23.0 Å².